The molecule has 1 aromatic rings. The molecule has 0 radical (unpaired) electrons. The van der Waals surface area contributed by atoms with Crippen molar-refractivity contribution in [3.8, 4) is 0 Å². The standard InChI is InChI=1S/C10H16N4O/c1-7(2)12-4-8-5-13-10(14-6-8)3-9(11)15/h5-7,12H,3-4H2,1-2H3,(H2,11,15). The van der Waals surface area contributed by atoms with E-state index in [1.165, 1.54) is 0 Å². The summed E-state index contributed by atoms with van der Waals surface area (Å²) in [4.78, 5) is 18.7. The summed E-state index contributed by atoms with van der Waals surface area (Å²) in [6.45, 7) is 4.87. The molecule has 1 amide bonds. The van der Waals surface area contributed by atoms with E-state index in [4.69, 9.17) is 5.73 Å². The summed E-state index contributed by atoms with van der Waals surface area (Å²) < 4.78 is 0. The van der Waals surface area contributed by atoms with E-state index in [-0.39, 0.29) is 6.42 Å². The van der Waals surface area contributed by atoms with Crippen LogP contribution in [0, 0.1) is 0 Å². The molecule has 15 heavy (non-hydrogen) atoms. The van der Waals surface area contributed by atoms with E-state index in [2.05, 4.69) is 29.1 Å². The maximum Gasteiger partial charge on any atom is 0.225 e. The number of hydrogen-bond donors (Lipinski definition) is 2. The third kappa shape index (κ3) is 4.51. The number of amides is 1. The van der Waals surface area contributed by atoms with Crippen LogP contribution in [-0.4, -0.2) is 21.9 Å². The van der Waals surface area contributed by atoms with Crippen LogP contribution in [0.1, 0.15) is 25.2 Å². The van der Waals surface area contributed by atoms with E-state index in [1.807, 2.05) is 0 Å². The van der Waals surface area contributed by atoms with Gasteiger partial charge in [0.1, 0.15) is 5.82 Å². The predicted molar refractivity (Wildman–Crippen MR) is 56.9 cm³/mol. The predicted octanol–water partition coefficient (Wildman–Crippen LogP) is 0.00240. The molecule has 5 nitrogen and oxygen atoms in total. The number of primary amides is 1. The third-order valence-corrected chi connectivity index (χ3v) is 1.81. The zero-order valence-corrected chi connectivity index (χ0v) is 9.03. The van der Waals surface area contributed by atoms with Gasteiger partial charge in [0.05, 0.1) is 6.42 Å². The first-order valence-electron chi connectivity index (χ1n) is 4.89. The molecule has 1 rings (SSSR count). The molecule has 0 bridgehead atoms. The lowest BCUT2D eigenvalue weighted by molar-refractivity contribution is -0.117. The number of aromatic nitrogens is 2. The maximum absolute atomic E-state index is 10.6. The van der Waals surface area contributed by atoms with Gasteiger partial charge in [0.2, 0.25) is 5.91 Å². The molecule has 0 spiro atoms. The first-order chi connectivity index (χ1) is 7.08. The average Bonchev–Trinajstić information content (AvgIpc) is 2.16. The fourth-order valence-corrected chi connectivity index (χ4v) is 1.04. The van der Waals surface area contributed by atoms with Crippen LogP contribution in [0.2, 0.25) is 0 Å². The highest BCUT2D eigenvalue weighted by Crippen LogP contribution is 1.97. The van der Waals surface area contributed by atoms with Gasteiger partial charge in [0.15, 0.2) is 0 Å². The molecule has 0 aromatic carbocycles. The van der Waals surface area contributed by atoms with Crippen LogP contribution >= 0.6 is 0 Å². The highest BCUT2D eigenvalue weighted by atomic mass is 16.1. The third-order valence-electron chi connectivity index (χ3n) is 1.81. The van der Waals surface area contributed by atoms with Gasteiger partial charge >= 0.3 is 0 Å². The SMILES string of the molecule is CC(C)NCc1cnc(CC(N)=O)nc1. The van der Waals surface area contributed by atoms with Crippen molar-refractivity contribution in [1.29, 1.82) is 0 Å². The molecule has 0 aliphatic heterocycles. The molecule has 0 fully saturated rings. The first-order valence-corrected chi connectivity index (χ1v) is 4.89. The summed E-state index contributed by atoms with van der Waals surface area (Å²) >= 11 is 0. The summed E-state index contributed by atoms with van der Waals surface area (Å²) in [5, 5.41) is 3.25. The van der Waals surface area contributed by atoms with E-state index in [1.54, 1.807) is 12.4 Å². The lowest BCUT2D eigenvalue weighted by atomic mass is 10.3. The summed E-state index contributed by atoms with van der Waals surface area (Å²) in [5.41, 5.74) is 6.03. The molecule has 1 heterocycles. The van der Waals surface area contributed by atoms with Crippen molar-refractivity contribution in [2.45, 2.75) is 32.9 Å². The lowest BCUT2D eigenvalue weighted by Crippen LogP contribution is -2.22. The molecule has 0 atom stereocenters. The minimum absolute atomic E-state index is 0.0951. The Balaban J connectivity index is 2.52. The Bertz CT molecular complexity index is 321. The fraction of sp³-hybridized carbons (Fsp3) is 0.500. The molecular weight excluding hydrogens is 192 g/mol. The van der Waals surface area contributed by atoms with E-state index < -0.39 is 5.91 Å². The normalized spacial score (nSPS) is 10.6. The summed E-state index contributed by atoms with van der Waals surface area (Å²) in [6, 6.07) is 0.426. The second-order valence-electron chi connectivity index (χ2n) is 3.69. The second-order valence-corrected chi connectivity index (χ2v) is 3.69. The van der Waals surface area contributed by atoms with Gasteiger partial charge in [-0.15, -0.1) is 0 Å². The molecule has 0 saturated carbocycles. The van der Waals surface area contributed by atoms with Gasteiger partial charge in [0.25, 0.3) is 0 Å². The van der Waals surface area contributed by atoms with Crippen molar-refractivity contribution in [1.82, 2.24) is 15.3 Å². The van der Waals surface area contributed by atoms with Crippen LogP contribution in [-0.2, 0) is 17.8 Å². The molecule has 0 aliphatic carbocycles. The maximum atomic E-state index is 10.6. The Morgan fingerprint density at radius 1 is 1.47 bits per heavy atom. The quantitative estimate of drug-likeness (QED) is 0.713. The Morgan fingerprint density at radius 2 is 2.07 bits per heavy atom. The number of nitrogens with two attached hydrogens (primary N) is 1. The zero-order valence-electron chi connectivity index (χ0n) is 9.03. The van der Waals surface area contributed by atoms with Gasteiger partial charge in [-0.2, -0.15) is 0 Å². The van der Waals surface area contributed by atoms with Gasteiger partial charge in [-0.05, 0) is 0 Å². The molecule has 3 N–H and O–H groups in total. The summed E-state index contributed by atoms with van der Waals surface area (Å²) in [6.07, 6.45) is 3.51. The lowest BCUT2D eigenvalue weighted by Gasteiger charge is -2.07. The highest BCUT2D eigenvalue weighted by Gasteiger charge is 2.01. The number of carbonyl (C=O) groups is 1. The number of hydrogen-bond acceptors (Lipinski definition) is 4. The van der Waals surface area contributed by atoms with Crippen LogP contribution in [0.5, 0.6) is 0 Å². The number of rotatable bonds is 5. The van der Waals surface area contributed by atoms with Crippen LogP contribution in [0.3, 0.4) is 0 Å². The molecule has 0 saturated heterocycles. The van der Waals surface area contributed by atoms with Gasteiger partial charge in [0, 0.05) is 30.5 Å². The Labute approximate surface area is 89.1 Å². The Kier molecular flexibility index (Phi) is 4.17. The summed E-state index contributed by atoms with van der Waals surface area (Å²) in [7, 11) is 0. The second kappa shape index (κ2) is 5.41. The largest absolute Gasteiger partial charge is 0.369 e. The van der Waals surface area contributed by atoms with Crippen LogP contribution in [0.15, 0.2) is 12.4 Å². The van der Waals surface area contributed by atoms with Crippen molar-refractivity contribution < 1.29 is 4.79 Å². The van der Waals surface area contributed by atoms with Crippen molar-refractivity contribution in [3.05, 3.63) is 23.8 Å². The van der Waals surface area contributed by atoms with E-state index >= 15 is 0 Å². The van der Waals surface area contributed by atoms with Crippen LogP contribution in [0.4, 0.5) is 0 Å². The molecule has 0 aliphatic rings. The van der Waals surface area contributed by atoms with E-state index in [9.17, 15) is 4.79 Å². The minimum Gasteiger partial charge on any atom is -0.369 e. The molecule has 0 unspecified atom stereocenters. The van der Waals surface area contributed by atoms with Crippen LogP contribution in [0.25, 0.3) is 0 Å². The minimum atomic E-state index is -0.414. The molecule has 82 valence electrons. The van der Waals surface area contributed by atoms with Crippen molar-refractivity contribution >= 4 is 5.91 Å². The smallest absolute Gasteiger partial charge is 0.225 e. The fourth-order valence-electron chi connectivity index (χ4n) is 1.04. The zero-order chi connectivity index (χ0) is 11.3. The Hall–Kier alpha value is -1.49. The van der Waals surface area contributed by atoms with Gasteiger partial charge in [-0.3, -0.25) is 4.79 Å². The van der Waals surface area contributed by atoms with Gasteiger partial charge in [-0.25, -0.2) is 9.97 Å². The van der Waals surface area contributed by atoms with Gasteiger partial charge < -0.3 is 11.1 Å². The van der Waals surface area contributed by atoms with Gasteiger partial charge in [-0.1, -0.05) is 13.8 Å². The van der Waals surface area contributed by atoms with E-state index in [0.29, 0.717) is 11.9 Å². The van der Waals surface area contributed by atoms with Crippen molar-refractivity contribution in [3.63, 3.8) is 0 Å². The number of nitrogens with one attached hydrogen (secondary N) is 1. The number of carbonyl (C=O) groups excluding carboxylic acids is 1. The van der Waals surface area contributed by atoms with Crippen molar-refractivity contribution in [2.24, 2.45) is 5.73 Å². The topological polar surface area (TPSA) is 80.9 Å². The monoisotopic (exact) mass is 208 g/mol. The summed E-state index contributed by atoms with van der Waals surface area (Å²) in [5.74, 6) is 0.0545. The molecule has 5 heteroatoms. The average molecular weight is 208 g/mol. The van der Waals surface area contributed by atoms with E-state index in [0.717, 1.165) is 12.1 Å². The number of nitrogens with zero attached hydrogens (tertiary/aromatic N) is 2. The highest BCUT2D eigenvalue weighted by molar-refractivity contribution is 5.75. The first kappa shape index (κ1) is 11.6. The van der Waals surface area contributed by atoms with Crippen LogP contribution < -0.4 is 11.1 Å². The Morgan fingerprint density at radius 3 is 2.53 bits per heavy atom. The molecular formula is C10H16N4O. The van der Waals surface area contributed by atoms with Crippen molar-refractivity contribution in [2.75, 3.05) is 0 Å². The molecule has 1 aromatic heterocycles.